The van der Waals surface area contributed by atoms with E-state index in [2.05, 4.69) is 16.2 Å². The van der Waals surface area contributed by atoms with Crippen molar-refractivity contribution in [1.82, 2.24) is 10.3 Å². The van der Waals surface area contributed by atoms with Crippen LogP contribution in [-0.2, 0) is 0 Å². The summed E-state index contributed by atoms with van der Waals surface area (Å²) in [6.07, 6.45) is 7.61. The van der Waals surface area contributed by atoms with Crippen molar-refractivity contribution < 1.29 is 0 Å². The molecule has 0 aliphatic carbocycles. The van der Waals surface area contributed by atoms with E-state index in [1.807, 2.05) is 19.1 Å². The molecular weight excluding hydrogens is 196 g/mol. The standard InChI is InChI=1S/C11H13ClN2/c1-3-6-10(13-4-2)11-9(12)7-5-8-14-11/h1,5,7-8,10,13H,4,6H2,2H3. The Labute approximate surface area is 89.7 Å². The van der Waals surface area contributed by atoms with E-state index >= 15 is 0 Å². The second-order valence-corrected chi connectivity index (χ2v) is 3.30. The van der Waals surface area contributed by atoms with Crippen LogP contribution in [0.25, 0.3) is 0 Å². The highest BCUT2D eigenvalue weighted by Crippen LogP contribution is 2.21. The first-order valence-electron chi connectivity index (χ1n) is 4.56. The number of nitrogens with zero attached hydrogens (tertiary/aromatic N) is 1. The Hall–Kier alpha value is -1.04. The highest BCUT2D eigenvalue weighted by atomic mass is 35.5. The monoisotopic (exact) mass is 208 g/mol. The van der Waals surface area contributed by atoms with Crippen LogP contribution in [0.2, 0.25) is 5.02 Å². The summed E-state index contributed by atoms with van der Waals surface area (Å²) in [5.41, 5.74) is 0.828. The molecule has 0 bridgehead atoms. The normalized spacial score (nSPS) is 12.1. The Balaban J connectivity index is 2.88. The van der Waals surface area contributed by atoms with E-state index in [0.29, 0.717) is 11.4 Å². The van der Waals surface area contributed by atoms with Crippen molar-refractivity contribution in [2.45, 2.75) is 19.4 Å². The van der Waals surface area contributed by atoms with Crippen LogP contribution in [0.1, 0.15) is 25.1 Å². The lowest BCUT2D eigenvalue weighted by Gasteiger charge is -2.15. The van der Waals surface area contributed by atoms with Crippen LogP contribution in [-0.4, -0.2) is 11.5 Å². The maximum absolute atomic E-state index is 6.02. The summed E-state index contributed by atoms with van der Waals surface area (Å²) in [6.45, 7) is 2.87. The lowest BCUT2D eigenvalue weighted by Crippen LogP contribution is -2.21. The fourth-order valence-corrected chi connectivity index (χ4v) is 1.54. The summed E-state index contributed by atoms with van der Waals surface area (Å²) in [7, 11) is 0. The number of nitrogens with one attached hydrogen (secondary N) is 1. The van der Waals surface area contributed by atoms with E-state index in [4.69, 9.17) is 18.0 Å². The van der Waals surface area contributed by atoms with E-state index in [9.17, 15) is 0 Å². The fourth-order valence-electron chi connectivity index (χ4n) is 1.28. The van der Waals surface area contributed by atoms with Gasteiger partial charge in [-0.05, 0) is 18.7 Å². The topological polar surface area (TPSA) is 24.9 Å². The molecule has 1 aromatic heterocycles. The number of aromatic nitrogens is 1. The maximum atomic E-state index is 6.02. The molecule has 0 saturated carbocycles. The first kappa shape index (κ1) is 11.0. The average Bonchev–Trinajstić information content (AvgIpc) is 2.18. The molecule has 3 heteroatoms. The summed E-state index contributed by atoms with van der Waals surface area (Å²) in [5.74, 6) is 2.62. The van der Waals surface area contributed by atoms with E-state index in [-0.39, 0.29) is 6.04 Å². The van der Waals surface area contributed by atoms with E-state index < -0.39 is 0 Å². The van der Waals surface area contributed by atoms with Crippen molar-refractivity contribution in [3.8, 4) is 12.3 Å². The summed E-state index contributed by atoms with van der Waals surface area (Å²) < 4.78 is 0. The van der Waals surface area contributed by atoms with Crippen LogP contribution in [0.15, 0.2) is 18.3 Å². The molecule has 14 heavy (non-hydrogen) atoms. The molecule has 1 rings (SSSR count). The van der Waals surface area contributed by atoms with Crippen LogP contribution in [0, 0.1) is 12.3 Å². The fraction of sp³-hybridized carbons (Fsp3) is 0.364. The number of hydrogen-bond donors (Lipinski definition) is 1. The van der Waals surface area contributed by atoms with Crippen molar-refractivity contribution in [1.29, 1.82) is 0 Å². The molecule has 1 aromatic rings. The molecule has 2 nitrogen and oxygen atoms in total. The smallest absolute Gasteiger partial charge is 0.0768 e. The van der Waals surface area contributed by atoms with Gasteiger partial charge in [0.2, 0.25) is 0 Å². The van der Waals surface area contributed by atoms with Crippen LogP contribution in [0.5, 0.6) is 0 Å². The Morgan fingerprint density at radius 2 is 2.50 bits per heavy atom. The molecular formula is C11H13ClN2. The Kier molecular flexibility index (Phi) is 4.45. The zero-order valence-electron chi connectivity index (χ0n) is 8.13. The van der Waals surface area contributed by atoms with Crippen molar-refractivity contribution in [3.05, 3.63) is 29.0 Å². The van der Waals surface area contributed by atoms with E-state index in [1.54, 1.807) is 6.20 Å². The molecule has 74 valence electrons. The van der Waals surface area contributed by atoms with Gasteiger partial charge in [0.1, 0.15) is 0 Å². The maximum Gasteiger partial charge on any atom is 0.0768 e. The van der Waals surface area contributed by atoms with E-state index in [1.165, 1.54) is 0 Å². The Morgan fingerprint density at radius 1 is 1.71 bits per heavy atom. The first-order chi connectivity index (χ1) is 6.79. The zero-order valence-corrected chi connectivity index (χ0v) is 8.88. The summed E-state index contributed by atoms with van der Waals surface area (Å²) in [4.78, 5) is 4.23. The van der Waals surface area contributed by atoms with Crippen molar-refractivity contribution in [2.75, 3.05) is 6.54 Å². The summed E-state index contributed by atoms with van der Waals surface area (Å²) in [6, 6.07) is 3.69. The largest absolute Gasteiger partial charge is 0.308 e. The Morgan fingerprint density at radius 3 is 3.07 bits per heavy atom. The van der Waals surface area contributed by atoms with Gasteiger partial charge in [-0.3, -0.25) is 4.98 Å². The highest BCUT2D eigenvalue weighted by Gasteiger charge is 2.13. The lowest BCUT2D eigenvalue weighted by molar-refractivity contribution is 0.552. The Bertz CT molecular complexity index is 330. The van der Waals surface area contributed by atoms with E-state index in [0.717, 1.165) is 12.2 Å². The predicted octanol–water partition coefficient (Wildman–Crippen LogP) is 2.41. The van der Waals surface area contributed by atoms with Crippen LogP contribution in [0.4, 0.5) is 0 Å². The minimum absolute atomic E-state index is 0.0544. The zero-order chi connectivity index (χ0) is 10.4. The molecule has 1 heterocycles. The van der Waals surface area contributed by atoms with Gasteiger partial charge in [-0.1, -0.05) is 18.5 Å². The molecule has 0 saturated heterocycles. The van der Waals surface area contributed by atoms with Gasteiger partial charge in [0, 0.05) is 12.6 Å². The molecule has 0 aliphatic heterocycles. The van der Waals surface area contributed by atoms with Crippen LogP contribution in [0.3, 0.4) is 0 Å². The van der Waals surface area contributed by atoms with Gasteiger partial charge in [0.05, 0.1) is 16.8 Å². The molecule has 0 aliphatic rings. The summed E-state index contributed by atoms with van der Waals surface area (Å²) >= 11 is 6.02. The second kappa shape index (κ2) is 5.64. The molecule has 1 unspecified atom stereocenters. The number of pyridine rings is 1. The lowest BCUT2D eigenvalue weighted by atomic mass is 10.1. The molecule has 0 spiro atoms. The van der Waals surface area contributed by atoms with Gasteiger partial charge in [-0.2, -0.15) is 0 Å². The molecule has 0 radical (unpaired) electrons. The van der Waals surface area contributed by atoms with Gasteiger partial charge < -0.3 is 5.32 Å². The average molecular weight is 209 g/mol. The predicted molar refractivity (Wildman–Crippen MR) is 59.1 cm³/mol. The van der Waals surface area contributed by atoms with Crippen molar-refractivity contribution in [3.63, 3.8) is 0 Å². The third-order valence-corrected chi connectivity index (χ3v) is 2.21. The third kappa shape index (κ3) is 2.73. The first-order valence-corrected chi connectivity index (χ1v) is 4.94. The number of rotatable bonds is 4. The van der Waals surface area contributed by atoms with Gasteiger partial charge in [-0.15, -0.1) is 12.3 Å². The quantitative estimate of drug-likeness (QED) is 0.769. The molecule has 0 aromatic carbocycles. The molecule has 1 atom stereocenters. The molecule has 1 N–H and O–H groups in total. The number of terminal acetylenes is 1. The minimum atomic E-state index is 0.0544. The SMILES string of the molecule is C#CCC(NCC)c1ncccc1Cl. The highest BCUT2D eigenvalue weighted by molar-refractivity contribution is 6.31. The van der Waals surface area contributed by atoms with Crippen LogP contribution >= 0.6 is 11.6 Å². The third-order valence-electron chi connectivity index (χ3n) is 1.89. The molecule has 0 amide bonds. The van der Waals surface area contributed by atoms with Crippen molar-refractivity contribution >= 4 is 11.6 Å². The molecule has 0 fully saturated rings. The van der Waals surface area contributed by atoms with Gasteiger partial charge >= 0.3 is 0 Å². The number of hydrogen-bond acceptors (Lipinski definition) is 2. The van der Waals surface area contributed by atoms with Crippen LogP contribution < -0.4 is 5.32 Å². The number of halogens is 1. The van der Waals surface area contributed by atoms with Gasteiger partial charge in [0.25, 0.3) is 0 Å². The minimum Gasteiger partial charge on any atom is -0.308 e. The van der Waals surface area contributed by atoms with Gasteiger partial charge in [-0.25, -0.2) is 0 Å². The second-order valence-electron chi connectivity index (χ2n) is 2.89. The van der Waals surface area contributed by atoms with Crippen molar-refractivity contribution in [2.24, 2.45) is 0 Å². The van der Waals surface area contributed by atoms with Gasteiger partial charge in [0.15, 0.2) is 0 Å². The summed E-state index contributed by atoms with van der Waals surface area (Å²) in [5, 5.41) is 3.91.